The van der Waals surface area contributed by atoms with Crippen molar-refractivity contribution in [1.29, 1.82) is 0 Å². The van der Waals surface area contributed by atoms with Gasteiger partial charge in [-0.2, -0.15) is 0 Å². The Morgan fingerprint density at radius 2 is 0.731 bits per heavy atom. The molecule has 0 radical (unpaired) electrons. The van der Waals surface area contributed by atoms with E-state index in [0.717, 1.165) is 0 Å². The lowest BCUT2D eigenvalue weighted by atomic mass is 9.81. The molecule has 26 heavy (non-hydrogen) atoms. The molecule has 0 saturated heterocycles. The third-order valence-corrected chi connectivity index (χ3v) is 6.53. The Labute approximate surface area is 150 Å². The number of hydrogen-bond acceptors (Lipinski definition) is 0. The third-order valence-electron chi connectivity index (χ3n) is 6.53. The summed E-state index contributed by atoms with van der Waals surface area (Å²) in [5.74, 6) is 0. The monoisotopic (exact) mass is 328 g/mol. The smallest absolute Gasteiger partial charge is 0.00112 e. The zero-order chi connectivity index (χ0) is 17.2. The van der Waals surface area contributed by atoms with Crippen LogP contribution in [0.25, 0.3) is 64.6 Å². The third kappa shape index (κ3) is 1.26. The van der Waals surface area contributed by atoms with Crippen molar-refractivity contribution in [3.8, 4) is 0 Å². The molecule has 0 aliphatic rings. The van der Waals surface area contributed by atoms with E-state index in [1.54, 1.807) is 0 Å². The summed E-state index contributed by atoms with van der Waals surface area (Å²) in [6.07, 6.45) is 0. The number of rotatable bonds is 0. The molecule has 0 unspecified atom stereocenters. The second-order valence-corrected chi connectivity index (χ2v) is 7.89. The van der Waals surface area contributed by atoms with E-state index in [4.69, 9.17) is 0 Å². The molecular formula is C26H16. The first-order valence-corrected chi connectivity index (χ1v) is 9.30. The second kappa shape index (κ2) is 3.99. The van der Waals surface area contributed by atoms with Crippen LogP contribution >= 0.6 is 0 Å². The standard InChI is InChI=1S/C26H16/c1-13-11-17-5-6-18-12-14(2)20-10-8-16-4-3-15-7-9-19(13)25-21(15)22(16)26(20)24(18)23(17)25/h3-12H,1-2H3. The molecule has 0 heteroatoms. The Kier molecular flexibility index (Phi) is 2.02. The zero-order valence-electron chi connectivity index (χ0n) is 14.8. The molecule has 0 aliphatic heterocycles. The van der Waals surface area contributed by atoms with Crippen molar-refractivity contribution >= 4 is 64.6 Å². The first-order valence-electron chi connectivity index (χ1n) is 9.30. The van der Waals surface area contributed by atoms with Crippen LogP contribution in [0.5, 0.6) is 0 Å². The van der Waals surface area contributed by atoms with Crippen molar-refractivity contribution in [3.63, 3.8) is 0 Å². The van der Waals surface area contributed by atoms with E-state index in [-0.39, 0.29) is 0 Å². The fourth-order valence-electron chi connectivity index (χ4n) is 5.45. The second-order valence-electron chi connectivity index (χ2n) is 7.89. The molecule has 0 saturated carbocycles. The highest BCUT2D eigenvalue weighted by molar-refractivity contribution is 6.44. The van der Waals surface area contributed by atoms with Crippen LogP contribution in [0, 0.1) is 13.8 Å². The van der Waals surface area contributed by atoms with Gasteiger partial charge < -0.3 is 0 Å². The summed E-state index contributed by atoms with van der Waals surface area (Å²) in [6.45, 7) is 4.49. The summed E-state index contributed by atoms with van der Waals surface area (Å²) < 4.78 is 0. The van der Waals surface area contributed by atoms with Crippen LogP contribution in [-0.2, 0) is 0 Å². The van der Waals surface area contributed by atoms with Gasteiger partial charge in [-0.1, -0.05) is 60.7 Å². The van der Waals surface area contributed by atoms with Crippen LogP contribution in [0.1, 0.15) is 11.1 Å². The molecule has 0 heterocycles. The molecule has 0 nitrogen and oxygen atoms in total. The molecule has 0 spiro atoms. The van der Waals surface area contributed by atoms with Gasteiger partial charge in [0.1, 0.15) is 0 Å². The number of benzene rings is 7. The summed E-state index contributed by atoms with van der Waals surface area (Å²) in [6, 6.07) is 23.2. The van der Waals surface area contributed by atoms with Gasteiger partial charge in [0.15, 0.2) is 0 Å². The van der Waals surface area contributed by atoms with Crippen molar-refractivity contribution in [3.05, 3.63) is 71.8 Å². The van der Waals surface area contributed by atoms with Crippen molar-refractivity contribution in [2.75, 3.05) is 0 Å². The minimum absolute atomic E-state index is 1.36. The first kappa shape index (κ1) is 13.1. The molecule has 0 aromatic heterocycles. The maximum absolute atomic E-state index is 2.36. The van der Waals surface area contributed by atoms with Crippen LogP contribution < -0.4 is 0 Å². The molecule has 0 amide bonds. The normalized spacial score (nSPS) is 13.0. The van der Waals surface area contributed by atoms with Gasteiger partial charge in [-0.3, -0.25) is 0 Å². The Morgan fingerprint density at radius 1 is 0.385 bits per heavy atom. The Bertz CT molecular complexity index is 1490. The molecule has 7 aromatic rings. The van der Waals surface area contributed by atoms with Gasteiger partial charge in [0.05, 0.1) is 0 Å². The van der Waals surface area contributed by atoms with E-state index in [1.807, 2.05) is 0 Å². The van der Waals surface area contributed by atoms with Crippen molar-refractivity contribution in [2.45, 2.75) is 13.8 Å². The highest BCUT2D eigenvalue weighted by Gasteiger charge is 2.21. The van der Waals surface area contributed by atoms with Gasteiger partial charge in [-0.25, -0.2) is 0 Å². The van der Waals surface area contributed by atoms with E-state index < -0.39 is 0 Å². The summed E-state index contributed by atoms with van der Waals surface area (Å²) in [5, 5.41) is 16.9. The van der Waals surface area contributed by atoms with Crippen LogP contribution in [0.15, 0.2) is 60.7 Å². The lowest BCUT2D eigenvalue weighted by molar-refractivity contribution is 1.55. The predicted octanol–water partition coefficient (Wildman–Crippen LogP) is 7.54. The highest BCUT2D eigenvalue weighted by atomic mass is 14.2. The van der Waals surface area contributed by atoms with E-state index in [1.165, 1.54) is 75.8 Å². The summed E-state index contributed by atoms with van der Waals surface area (Å²) in [4.78, 5) is 0. The van der Waals surface area contributed by atoms with Crippen LogP contribution in [0.2, 0.25) is 0 Å². The Balaban J connectivity index is 2.09. The molecule has 0 bridgehead atoms. The van der Waals surface area contributed by atoms with Gasteiger partial charge in [-0.15, -0.1) is 0 Å². The molecule has 0 atom stereocenters. The van der Waals surface area contributed by atoms with E-state index in [2.05, 4.69) is 74.5 Å². The van der Waals surface area contributed by atoms with E-state index in [9.17, 15) is 0 Å². The van der Waals surface area contributed by atoms with E-state index in [0.29, 0.717) is 0 Å². The van der Waals surface area contributed by atoms with Crippen molar-refractivity contribution in [1.82, 2.24) is 0 Å². The molecule has 0 aliphatic carbocycles. The van der Waals surface area contributed by atoms with Crippen LogP contribution in [0.4, 0.5) is 0 Å². The summed E-state index contributed by atoms with van der Waals surface area (Å²) in [7, 11) is 0. The summed E-state index contributed by atoms with van der Waals surface area (Å²) in [5.41, 5.74) is 2.74. The first-order chi connectivity index (χ1) is 12.7. The maximum atomic E-state index is 2.36. The average molecular weight is 328 g/mol. The van der Waals surface area contributed by atoms with E-state index >= 15 is 0 Å². The average Bonchev–Trinajstić information content (AvgIpc) is 2.66. The van der Waals surface area contributed by atoms with Gasteiger partial charge in [0.2, 0.25) is 0 Å². The van der Waals surface area contributed by atoms with Crippen LogP contribution in [-0.4, -0.2) is 0 Å². The fraction of sp³-hybridized carbons (Fsp3) is 0.0769. The molecular weight excluding hydrogens is 312 g/mol. The van der Waals surface area contributed by atoms with Crippen molar-refractivity contribution < 1.29 is 0 Å². The molecule has 0 N–H and O–H groups in total. The van der Waals surface area contributed by atoms with Gasteiger partial charge in [0.25, 0.3) is 0 Å². The molecule has 0 fully saturated rings. The van der Waals surface area contributed by atoms with Crippen LogP contribution in [0.3, 0.4) is 0 Å². The minimum atomic E-state index is 1.36. The van der Waals surface area contributed by atoms with Gasteiger partial charge in [-0.05, 0) is 89.6 Å². The molecule has 7 aromatic carbocycles. The van der Waals surface area contributed by atoms with Gasteiger partial charge in [0, 0.05) is 0 Å². The van der Waals surface area contributed by atoms with Gasteiger partial charge >= 0.3 is 0 Å². The molecule has 120 valence electrons. The van der Waals surface area contributed by atoms with Crippen molar-refractivity contribution in [2.24, 2.45) is 0 Å². The minimum Gasteiger partial charge on any atom is -0.0537 e. The quantitative estimate of drug-likeness (QED) is 0.199. The number of hydrogen-bond donors (Lipinski definition) is 0. The lowest BCUT2D eigenvalue weighted by Gasteiger charge is -2.22. The Hall–Kier alpha value is -3.12. The number of aryl methyl sites for hydroxylation is 2. The topological polar surface area (TPSA) is 0 Å². The SMILES string of the molecule is Cc1cc2ccc3cc(C)c4ccc5ccc6ccc1c1c6c5c4c3c21. The summed E-state index contributed by atoms with van der Waals surface area (Å²) >= 11 is 0. The highest BCUT2D eigenvalue weighted by Crippen LogP contribution is 2.49. The largest absolute Gasteiger partial charge is 0.0537 e. The fourth-order valence-corrected chi connectivity index (χ4v) is 5.45. The lowest BCUT2D eigenvalue weighted by Crippen LogP contribution is -1.94. The zero-order valence-corrected chi connectivity index (χ0v) is 14.8. The predicted molar refractivity (Wildman–Crippen MR) is 115 cm³/mol. The Morgan fingerprint density at radius 3 is 1.19 bits per heavy atom. The maximum Gasteiger partial charge on any atom is -0.00112 e. The molecule has 7 rings (SSSR count).